The van der Waals surface area contributed by atoms with Crippen molar-refractivity contribution >= 4 is 11.4 Å². The molecule has 4 heteroatoms. The topological polar surface area (TPSA) is 48.4 Å². The molecule has 0 aliphatic rings. The number of methoxy groups -OCH3 is 1. The first kappa shape index (κ1) is 10.4. The average molecular weight is 195 g/mol. The Hall–Kier alpha value is -1.71. The third-order valence-electron chi connectivity index (χ3n) is 2.01. The average Bonchev–Trinajstić information content (AvgIpc) is 2.16. The molecule has 1 aromatic rings. The van der Waals surface area contributed by atoms with Crippen LogP contribution in [0.1, 0.15) is 11.1 Å². The fraction of sp³-hybridized carbons (Fsp3) is 0.300. The van der Waals surface area contributed by atoms with Crippen LogP contribution in [0.15, 0.2) is 19.0 Å². The van der Waals surface area contributed by atoms with Crippen molar-refractivity contribution in [1.29, 1.82) is 0 Å². The first-order chi connectivity index (χ1) is 6.60. The maximum absolute atomic E-state index is 5.83. The minimum absolute atomic E-state index is 0.559. The molecule has 0 aliphatic heterocycles. The Kier molecular flexibility index (Phi) is 2.96. The molecule has 0 atom stereocenters. The highest BCUT2D eigenvalue weighted by Gasteiger charge is 2.14. The summed E-state index contributed by atoms with van der Waals surface area (Å²) in [7, 11) is 3.14. The van der Waals surface area contributed by atoms with Gasteiger partial charge in [0.15, 0.2) is 0 Å². The number of anilines is 1. The van der Waals surface area contributed by atoms with E-state index in [0.717, 1.165) is 11.1 Å². The molecule has 1 aromatic heterocycles. The van der Waals surface area contributed by atoms with Gasteiger partial charge in [-0.15, -0.1) is 0 Å². The molecule has 1 heterocycles. The van der Waals surface area contributed by atoms with Crippen LogP contribution in [-0.2, 0) is 4.74 Å². The molecule has 0 aromatic carbocycles. The lowest BCUT2D eigenvalue weighted by atomic mass is 10.1. The number of nitrogen functional groups attached to an aromatic ring is 1. The monoisotopic (exact) mass is 195 g/mol. The van der Waals surface area contributed by atoms with Crippen LogP contribution in [0.25, 0.3) is 5.76 Å². The van der Waals surface area contributed by atoms with Gasteiger partial charge in [-0.05, 0) is 6.92 Å². The Morgan fingerprint density at radius 3 is 2.50 bits per heavy atom. The summed E-state index contributed by atoms with van der Waals surface area (Å²) in [5, 5.41) is 0. The first-order valence-electron chi connectivity index (χ1n) is 4.19. The van der Waals surface area contributed by atoms with Gasteiger partial charge in [-0.2, -0.15) is 0 Å². The van der Waals surface area contributed by atoms with E-state index in [9.17, 15) is 0 Å². The molecule has 76 valence electrons. The molecule has 0 unspecified atom stereocenters. The highest BCUT2D eigenvalue weighted by Crippen LogP contribution is 2.22. The van der Waals surface area contributed by atoms with E-state index in [1.807, 2.05) is 13.1 Å². The predicted molar refractivity (Wildman–Crippen MR) is 54.3 cm³/mol. The smallest absolute Gasteiger partial charge is 0.246 e. The minimum atomic E-state index is 0.559. The summed E-state index contributed by atoms with van der Waals surface area (Å²) in [6.45, 7) is 5.69. The second-order valence-electron chi connectivity index (χ2n) is 2.94. The number of pyridine rings is 1. The predicted octanol–water partition coefficient (Wildman–Crippen LogP) is 0.540. The molecule has 14 heavy (non-hydrogen) atoms. The number of nitrogens with zero attached hydrogens (tertiary/aromatic N) is 1. The number of aromatic nitrogens is 1. The quantitative estimate of drug-likeness (QED) is 0.565. The highest BCUT2D eigenvalue weighted by molar-refractivity contribution is 5.70. The number of hydrogen-bond acceptors (Lipinski definition) is 3. The van der Waals surface area contributed by atoms with Gasteiger partial charge in [0.1, 0.15) is 18.6 Å². The zero-order valence-corrected chi connectivity index (χ0v) is 8.70. The van der Waals surface area contributed by atoms with Crippen molar-refractivity contribution in [2.45, 2.75) is 6.92 Å². The Balaban J connectivity index is 3.25. The Morgan fingerprint density at radius 1 is 1.43 bits per heavy atom. The van der Waals surface area contributed by atoms with Crippen LogP contribution in [0.4, 0.5) is 5.69 Å². The van der Waals surface area contributed by atoms with Crippen LogP contribution in [0, 0.1) is 6.92 Å². The normalized spacial score (nSPS) is 9.64. The maximum atomic E-state index is 5.83. The molecule has 0 fully saturated rings. The van der Waals surface area contributed by atoms with Gasteiger partial charge in [0.2, 0.25) is 12.4 Å². The summed E-state index contributed by atoms with van der Waals surface area (Å²) < 4.78 is 6.59. The molecule has 2 N–H and O–H groups in total. The van der Waals surface area contributed by atoms with Gasteiger partial charge in [0.25, 0.3) is 0 Å². The minimum Gasteiger partial charge on any atom is -0.497 e. The number of rotatable bonds is 3. The zero-order chi connectivity index (χ0) is 10.7. The zero-order valence-electron chi connectivity index (χ0n) is 8.70. The molecule has 0 saturated heterocycles. The van der Waals surface area contributed by atoms with Crippen LogP contribution in [0.3, 0.4) is 0 Å². The SMILES string of the molecule is C=C(OC)c1c(C)c[n+](OC)cc1N. The summed E-state index contributed by atoms with van der Waals surface area (Å²) in [4.78, 5) is 5.01. The lowest BCUT2D eigenvalue weighted by Gasteiger charge is -2.08. The summed E-state index contributed by atoms with van der Waals surface area (Å²) in [5.41, 5.74) is 8.19. The summed E-state index contributed by atoms with van der Waals surface area (Å²) >= 11 is 0. The molecule has 0 spiro atoms. The fourth-order valence-corrected chi connectivity index (χ4v) is 1.31. The van der Waals surface area contributed by atoms with Crippen LogP contribution in [0.2, 0.25) is 0 Å². The highest BCUT2D eigenvalue weighted by atomic mass is 16.6. The van der Waals surface area contributed by atoms with Gasteiger partial charge in [0.05, 0.1) is 12.7 Å². The summed E-state index contributed by atoms with van der Waals surface area (Å²) in [5.74, 6) is 0.559. The van der Waals surface area contributed by atoms with Gasteiger partial charge in [-0.3, -0.25) is 4.84 Å². The van der Waals surface area contributed by atoms with Crippen molar-refractivity contribution in [3.63, 3.8) is 0 Å². The van der Waals surface area contributed by atoms with Crippen molar-refractivity contribution in [2.24, 2.45) is 0 Å². The summed E-state index contributed by atoms with van der Waals surface area (Å²) in [6.07, 6.45) is 3.49. The number of aryl methyl sites for hydroxylation is 1. The van der Waals surface area contributed by atoms with E-state index in [1.54, 1.807) is 20.4 Å². The second-order valence-corrected chi connectivity index (χ2v) is 2.94. The Labute approximate surface area is 83.5 Å². The number of hydrogen-bond donors (Lipinski definition) is 1. The van der Waals surface area contributed by atoms with Gasteiger partial charge in [-0.25, -0.2) is 0 Å². The first-order valence-corrected chi connectivity index (χ1v) is 4.19. The van der Waals surface area contributed by atoms with Crippen LogP contribution >= 0.6 is 0 Å². The molecule has 1 rings (SSSR count). The van der Waals surface area contributed by atoms with Crippen molar-refractivity contribution in [3.05, 3.63) is 30.1 Å². The third kappa shape index (κ3) is 1.79. The molecule has 0 saturated carbocycles. The van der Waals surface area contributed by atoms with E-state index in [1.165, 1.54) is 4.73 Å². The molecular weight excluding hydrogens is 180 g/mol. The summed E-state index contributed by atoms with van der Waals surface area (Å²) in [6, 6.07) is 0. The molecule has 0 bridgehead atoms. The van der Waals surface area contributed by atoms with E-state index >= 15 is 0 Å². The van der Waals surface area contributed by atoms with E-state index < -0.39 is 0 Å². The van der Waals surface area contributed by atoms with Crippen LogP contribution < -0.4 is 15.3 Å². The second kappa shape index (κ2) is 4.00. The van der Waals surface area contributed by atoms with Crippen molar-refractivity contribution < 1.29 is 14.3 Å². The van der Waals surface area contributed by atoms with Crippen molar-refractivity contribution in [2.75, 3.05) is 20.0 Å². The fourth-order valence-electron chi connectivity index (χ4n) is 1.31. The largest absolute Gasteiger partial charge is 0.497 e. The maximum Gasteiger partial charge on any atom is 0.246 e. The van der Waals surface area contributed by atoms with E-state index in [2.05, 4.69) is 6.58 Å². The van der Waals surface area contributed by atoms with Gasteiger partial charge >= 0.3 is 0 Å². The van der Waals surface area contributed by atoms with Crippen molar-refractivity contribution in [1.82, 2.24) is 0 Å². The number of nitrogens with two attached hydrogens (primary N) is 1. The molecule has 0 radical (unpaired) electrons. The standard InChI is InChI=1S/C10H15N2O2/c1-7-5-12(14-4)6-9(11)10(7)8(2)13-3/h5-6H,2,11H2,1,3-4H3/q+1. The third-order valence-corrected chi connectivity index (χ3v) is 2.01. The lowest BCUT2D eigenvalue weighted by Crippen LogP contribution is -2.40. The van der Waals surface area contributed by atoms with E-state index in [-0.39, 0.29) is 0 Å². The molecule has 0 amide bonds. The van der Waals surface area contributed by atoms with Gasteiger partial charge in [0, 0.05) is 10.3 Å². The molecule has 0 aliphatic carbocycles. The lowest BCUT2D eigenvalue weighted by molar-refractivity contribution is -0.885. The number of ether oxygens (including phenoxy) is 1. The Morgan fingerprint density at radius 2 is 2.07 bits per heavy atom. The van der Waals surface area contributed by atoms with E-state index in [4.69, 9.17) is 15.3 Å². The van der Waals surface area contributed by atoms with Gasteiger partial charge in [-0.1, -0.05) is 6.58 Å². The molecular formula is C10H15N2O2+. The van der Waals surface area contributed by atoms with Crippen LogP contribution in [0.5, 0.6) is 0 Å². The Bertz CT molecular complexity index is 338. The van der Waals surface area contributed by atoms with Gasteiger partial charge < -0.3 is 10.5 Å². The van der Waals surface area contributed by atoms with Crippen molar-refractivity contribution in [3.8, 4) is 0 Å². The molecule has 4 nitrogen and oxygen atoms in total. The van der Waals surface area contributed by atoms with Crippen LogP contribution in [-0.4, -0.2) is 14.2 Å². The van der Waals surface area contributed by atoms with E-state index in [0.29, 0.717) is 11.4 Å².